The van der Waals surface area contributed by atoms with Gasteiger partial charge >= 0.3 is 0 Å². The highest BCUT2D eigenvalue weighted by molar-refractivity contribution is 7.92. The fourth-order valence-corrected chi connectivity index (χ4v) is 5.65. The van der Waals surface area contributed by atoms with E-state index in [-0.39, 0.29) is 37.4 Å². The Morgan fingerprint density at radius 1 is 0.902 bits per heavy atom. The van der Waals surface area contributed by atoms with Crippen LogP contribution in [-0.4, -0.2) is 50.0 Å². The van der Waals surface area contributed by atoms with Gasteiger partial charge in [0.1, 0.15) is 6.04 Å². The molecule has 0 spiro atoms. The number of benzene rings is 3. The molecule has 0 heterocycles. The number of anilines is 1. The van der Waals surface area contributed by atoms with Crippen molar-refractivity contribution >= 4 is 27.5 Å². The summed E-state index contributed by atoms with van der Waals surface area (Å²) in [7, 11) is -3.55. The van der Waals surface area contributed by atoms with Gasteiger partial charge in [0.15, 0.2) is 0 Å². The molecule has 2 atom stereocenters. The maximum Gasteiger partial charge on any atom is 0.243 e. The molecule has 0 radical (unpaired) electrons. The molecule has 0 saturated carbocycles. The first-order chi connectivity index (χ1) is 19.5. The van der Waals surface area contributed by atoms with E-state index < -0.39 is 16.1 Å². The Hall–Kier alpha value is -3.65. The molecule has 0 unspecified atom stereocenters. The van der Waals surface area contributed by atoms with E-state index in [9.17, 15) is 18.0 Å². The summed E-state index contributed by atoms with van der Waals surface area (Å²) in [6.45, 7) is 8.35. The standard InChI is InChI=1S/C33H43N3O4S/c1-6-27(4)34-33(38)31(23-28-14-8-7-9-15-28)35(24-29-16-11-10-13-26(29)3)32(37)17-12-22-36(41(5,39)40)30-20-18-25(2)19-21-30/h7-11,13-16,18-21,27,31H,6,12,17,22-24H2,1-5H3,(H,34,38)/t27-,31-/m1/s1. The Labute approximate surface area is 245 Å². The van der Waals surface area contributed by atoms with E-state index in [1.165, 1.54) is 10.6 Å². The lowest BCUT2D eigenvalue weighted by molar-refractivity contribution is -0.141. The van der Waals surface area contributed by atoms with Gasteiger partial charge in [0, 0.05) is 32.0 Å². The summed E-state index contributed by atoms with van der Waals surface area (Å²) in [5.74, 6) is -0.381. The predicted octanol–water partition coefficient (Wildman–Crippen LogP) is 5.40. The van der Waals surface area contributed by atoms with Crippen molar-refractivity contribution in [3.63, 3.8) is 0 Å². The molecule has 0 aliphatic carbocycles. The summed E-state index contributed by atoms with van der Waals surface area (Å²) in [4.78, 5) is 29.3. The van der Waals surface area contributed by atoms with Crippen LogP contribution in [0.1, 0.15) is 55.4 Å². The van der Waals surface area contributed by atoms with Gasteiger partial charge in [-0.05, 0) is 62.4 Å². The van der Waals surface area contributed by atoms with Gasteiger partial charge in [0.2, 0.25) is 21.8 Å². The van der Waals surface area contributed by atoms with Crippen LogP contribution >= 0.6 is 0 Å². The molecule has 3 aromatic rings. The van der Waals surface area contributed by atoms with Crippen molar-refractivity contribution < 1.29 is 18.0 Å². The van der Waals surface area contributed by atoms with E-state index in [2.05, 4.69) is 5.32 Å². The van der Waals surface area contributed by atoms with E-state index in [0.29, 0.717) is 18.5 Å². The Morgan fingerprint density at radius 3 is 2.15 bits per heavy atom. The molecule has 1 N–H and O–H groups in total. The van der Waals surface area contributed by atoms with E-state index in [1.807, 2.05) is 94.4 Å². The molecule has 3 rings (SSSR count). The Kier molecular flexibility index (Phi) is 11.5. The molecule has 2 amide bonds. The monoisotopic (exact) mass is 577 g/mol. The van der Waals surface area contributed by atoms with Crippen LogP contribution in [0, 0.1) is 13.8 Å². The van der Waals surface area contributed by atoms with Crippen molar-refractivity contribution in [2.24, 2.45) is 0 Å². The largest absolute Gasteiger partial charge is 0.352 e. The van der Waals surface area contributed by atoms with Crippen LogP contribution in [0.4, 0.5) is 5.69 Å². The Balaban J connectivity index is 1.89. The second-order valence-corrected chi connectivity index (χ2v) is 12.7. The average Bonchev–Trinajstić information content (AvgIpc) is 2.94. The minimum atomic E-state index is -3.55. The zero-order chi connectivity index (χ0) is 30.0. The number of nitrogens with zero attached hydrogens (tertiary/aromatic N) is 2. The smallest absolute Gasteiger partial charge is 0.243 e. The normalized spacial score (nSPS) is 12.8. The fraction of sp³-hybridized carbons (Fsp3) is 0.394. The minimum absolute atomic E-state index is 0.0333. The first kappa shape index (κ1) is 31.9. The molecule has 41 heavy (non-hydrogen) atoms. The van der Waals surface area contributed by atoms with E-state index in [4.69, 9.17) is 0 Å². The Bertz CT molecular complexity index is 1390. The lowest BCUT2D eigenvalue weighted by Crippen LogP contribution is -2.52. The van der Waals surface area contributed by atoms with Gasteiger partial charge in [-0.25, -0.2) is 8.42 Å². The van der Waals surface area contributed by atoms with Gasteiger partial charge < -0.3 is 10.2 Å². The van der Waals surface area contributed by atoms with Crippen LogP contribution in [0.25, 0.3) is 0 Å². The van der Waals surface area contributed by atoms with Crippen molar-refractivity contribution in [2.75, 3.05) is 17.1 Å². The molecule has 0 aliphatic rings. The predicted molar refractivity (Wildman–Crippen MR) is 166 cm³/mol. The molecule has 7 nitrogen and oxygen atoms in total. The summed E-state index contributed by atoms with van der Waals surface area (Å²) >= 11 is 0. The number of hydrogen-bond acceptors (Lipinski definition) is 4. The van der Waals surface area contributed by atoms with Gasteiger partial charge in [0.25, 0.3) is 0 Å². The number of amides is 2. The quantitative estimate of drug-likeness (QED) is 0.278. The number of carbonyl (C=O) groups excluding carboxylic acids is 2. The minimum Gasteiger partial charge on any atom is -0.352 e. The summed E-state index contributed by atoms with van der Waals surface area (Å²) < 4.78 is 26.6. The van der Waals surface area contributed by atoms with E-state index in [0.717, 1.165) is 28.7 Å². The molecule has 0 aromatic heterocycles. The van der Waals surface area contributed by atoms with Gasteiger partial charge in [-0.1, -0.05) is 79.2 Å². The fourth-order valence-electron chi connectivity index (χ4n) is 4.68. The van der Waals surface area contributed by atoms with Crippen LogP contribution < -0.4 is 9.62 Å². The van der Waals surface area contributed by atoms with Crippen LogP contribution in [0.2, 0.25) is 0 Å². The molecule has 220 valence electrons. The third kappa shape index (κ3) is 9.46. The maximum absolute atomic E-state index is 13.9. The lowest BCUT2D eigenvalue weighted by atomic mass is 10.0. The molecule has 3 aromatic carbocycles. The van der Waals surface area contributed by atoms with Crippen molar-refractivity contribution in [2.45, 2.75) is 72.0 Å². The van der Waals surface area contributed by atoms with Gasteiger partial charge in [-0.15, -0.1) is 0 Å². The second kappa shape index (κ2) is 14.8. The van der Waals surface area contributed by atoms with Crippen LogP contribution in [0.3, 0.4) is 0 Å². The summed E-state index contributed by atoms with van der Waals surface area (Å²) in [6, 6.07) is 24.1. The highest BCUT2D eigenvalue weighted by Gasteiger charge is 2.31. The summed E-state index contributed by atoms with van der Waals surface area (Å²) in [5, 5.41) is 3.09. The first-order valence-corrected chi connectivity index (χ1v) is 16.1. The van der Waals surface area contributed by atoms with Gasteiger partial charge in [0.05, 0.1) is 11.9 Å². The number of nitrogens with one attached hydrogen (secondary N) is 1. The van der Waals surface area contributed by atoms with E-state index >= 15 is 0 Å². The van der Waals surface area contributed by atoms with Crippen molar-refractivity contribution in [1.82, 2.24) is 10.2 Å². The molecule has 0 bridgehead atoms. The second-order valence-electron chi connectivity index (χ2n) is 10.7. The third-order valence-electron chi connectivity index (χ3n) is 7.35. The average molecular weight is 578 g/mol. The molecular weight excluding hydrogens is 534 g/mol. The SMILES string of the molecule is CC[C@@H](C)NC(=O)[C@@H](Cc1ccccc1)N(Cc1ccccc1C)C(=O)CCCN(c1ccc(C)cc1)S(C)(=O)=O. The number of sulfonamides is 1. The topological polar surface area (TPSA) is 86.8 Å². The zero-order valence-corrected chi connectivity index (χ0v) is 25.7. The van der Waals surface area contributed by atoms with Gasteiger partial charge in [-0.2, -0.15) is 0 Å². The van der Waals surface area contributed by atoms with Crippen molar-refractivity contribution in [3.8, 4) is 0 Å². The highest BCUT2D eigenvalue weighted by atomic mass is 32.2. The molecule has 0 aliphatic heterocycles. The number of aryl methyl sites for hydroxylation is 2. The Morgan fingerprint density at radius 2 is 1.54 bits per heavy atom. The highest BCUT2D eigenvalue weighted by Crippen LogP contribution is 2.21. The maximum atomic E-state index is 13.9. The van der Waals surface area contributed by atoms with Crippen molar-refractivity contribution in [3.05, 3.63) is 101 Å². The number of rotatable bonds is 14. The number of hydrogen-bond donors (Lipinski definition) is 1. The van der Waals surface area contributed by atoms with Crippen LogP contribution in [0.15, 0.2) is 78.9 Å². The first-order valence-electron chi connectivity index (χ1n) is 14.2. The summed E-state index contributed by atoms with van der Waals surface area (Å²) in [6.07, 6.45) is 2.74. The molecular formula is C33H43N3O4S. The summed E-state index contributed by atoms with van der Waals surface area (Å²) in [5.41, 5.74) is 4.56. The number of carbonyl (C=O) groups is 2. The molecule has 0 fully saturated rings. The third-order valence-corrected chi connectivity index (χ3v) is 8.54. The molecule has 0 saturated heterocycles. The van der Waals surface area contributed by atoms with Crippen LogP contribution in [0.5, 0.6) is 0 Å². The van der Waals surface area contributed by atoms with E-state index in [1.54, 1.807) is 17.0 Å². The van der Waals surface area contributed by atoms with Crippen LogP contribution in [-0.2, 0) is 32.6 Å². The van der Waals surface area contributed by atoms with Gasteiger partial charge in [-0.3, -0.25) is 13.9 Å². The van der Waals surface area contributed by atoms with Crippen molar-refractivity contribution in [1.29, 1.82) is 0 Å². The lowest BCUT2D eigenvalue weighted by Gasteiger charge is -2.33. The zero-order valence-electron chi connectivity index (χ0n) is 24.8. The molecule has 8 heteroatoms.